The Hall–Kier alpha value is -0.662. The van der Waals surface area contributed by atoms with E-state index < -0.39 is 0 Å². The summed E-state index contributed by atoms with van der Waals surface area (Å²) in [5.74, 6) is 2.61. The molecule has 0 fully saturated rings. The molecule has 9 heavy (non-hydrogen) atoms. The summed E-state index contributed by atoms with van der Waals surface area (Å²) in [6.07, 6.45) is 5.21. The van der Waals surface area contributed by atoms with Crippen molar-refractivity contribution in [2.24, 2.45) is 0 Å². The number of hydrogen-bond donors (Lipinski definition) is 0. The van der Waals surface area contributed by atoms with Gasteiger partial charge in [0, 0.05) is 0 Å². The summed E-state index contributed by atoms with van der Waals surface area (Å²) < 4.78 is 1.23. The van der Waals surface area contributed by atoms with Gasteiger partial charge in [-0.05, 0) is 0 Å². The third-order valence-corrected chi connectivity index (χ3v) is 2.17. The maximum absolute atomic E-state index is 5.21. The molecule has 1 unspecified atom stereocenters. The van der Waals surface area contributed by atoms with Crippen LogP contribution in [-0.2, 0) is 0 Å². The van der Waals surface area contributed by atoms with Crippen molar-refractivity contribution in [2.45, 2.75) is 0 Å². The van der Waals surface area contributed by atoms with Crippen molar-refractivity contribution >= 4 is 21.2 Å². The number of rotatable bonds is 0. The zero-order valence-electron chi connectivity index (χ0n) is 4.96. The molecule has 0 heterocycles. The predicted octanol–water partition coefficient (Wildman–Crippen LogP) is -0.0737. The number of hydrogen-bond acceptors (Lipinski definition) is 0. The van der Waals surface area contributed by atoms with Crippen LogP contribution in [0, 0.1) is 12.3 Å². The first-order valence-electron chi connectivity index (χ1n) is 2.65. The standard InChI is InChI=1S/C8H7As/c1-2-7-5-3-4-6-8(7)9/h1,3-6H,9H2. The van der Waals surface area contributed by atoms with E-state index in [1.54, 1.807) is 16.9 Å². The molecule has 44 valence electrons. The van der Waals surface area contributed by atoms with E-state index in [1.165, 1.54) is 4.35 Å². The van der Waals surface area contributed by atoms with Gasteiger partial charge in [0.2, 0.25) is 0 Å². The molecule has 1 atom stereocenters. The Labute approximate surface area is 63.8 Å². The van der Waals surface area contributed by atoms with E-state index in [0.717, 1.165) is 5.56 Å². The quantitative estimate of drug-likeness (QED) is 0.385. The van der Waals surface area contributed by atoms with E-state index in [2.05, 4.69) is 5.92 Å². The number of benzene rings is 1. The third kappa shape index (κ3) is 1.37. The van der Waals surface area contributed by atoms with Crippen LogP contribution < -0.4 is 4.35 Å². The van der Waals surface area contributed by atoms with Gasteiger partial charge in [-0.15, -0.1) is 0 Å². The van der Waals surface area contributed by atoms with Crippen molar-refractivity contribution in [3.63, 3.8) is 0 Å². The topological polar surface area (TPSA) is 0 Å². The van der Waals surface area contributed by atoms with Crippen molar-refractivity contribution in [1.29, 1.82) is 0 Å². The molecule has 0 aliphatic heterocycles. The fraction of sp³-hybridized carbons (Fsp3) is 0. The van der Waals surface area contributed by atoms with Crippen molar-refractivity contribution < 1.29 is 0 Å². The molecule has 0 saturated carbocycles. The van der Waals surface area contributed by atoms with Gasteiger partial charge in [-0.1, -0.05) is 0 Å². The molecule has 0 spiro atoms. The summed E-state index contributed by atoms with van der Waals surface area (Å²) in [4.78, 5) is 0. The van der Waals surface area contributed by atoms with Gasteiger partial charge < -0.3 is 0 Å². The zero-order chi connectivity index (χ0) is 6.69. The van der Waals surface area contributed by atoms with Crippen LogP contribution in [0.3, 0.4) is 0 Å². The zero-order valence-corrected chi connectivity index (χ0v) is 7.39. The van der Waals surface area contributed by atoms with Crippen LogP contribution >= 0.6 is 0 Å². The molecule has 1 aromatic rings. The predicted molar refractivity (Wildman–Crippen MR) is 42.6 cm³/mol. The van der Waals surface area contributed by atoms with Gasteiger partial charge in [-0.3, -0.25) is 0 Å². The van der Waals surface area contributed by atoms with Crippen LogP contribution in [0.2, 0.25) is 0 Å². The Morgan fingerprint density at radius 3 is 2.44 bits per heavy atom. The molecular weight excluding hydrogens is 171 g/mol. The van der Waals surface area contributed by atoms with E-state index in [0.29, 0.717) is 0 Å². The molecule has 0 amide bonds. The third-order valence-electron chi connectivity index (χ3n) is 1.12. The van der Waals surface area contributed by atoms with Gasteiger partial charge in [0.25, 0.3) is 0 Å². The summed E-state index contributed by atoms with van der Waals surface area (Å²) in [5, 5.41) is 0. The molecule has 0 aliphatic carbocycles. The second kappa shape index (κ2) is 2.76. The summed E-state index contributed by atoms with van der Waals surface area (Å²) in [6, 6.07) is 7.95. The molecule has 0 N–H and O–H groups in total. The van der Waals surface area contributed by atoms with E-state index in [-0.39, 0.29) is 0 Å². The Bertz CT molecular complexity index is 245. The second-order valence-electron chi connectivity index (χ2n) is 1.73. The minimum atomic E-state index is 1.01. The molecule has 0 aliphatic rings. The van der Waals surface area contributed by atoms with Crippen LogP contribution in [0.1, 0.15) is 5.56 Å². The van der Waals surface area contributed by atoms with Crippen molar-refractivity contribution in [1.82, 2.24) is 0 Å². The Morgan fingerprint density at radius 2 is 2.00 bits per heavy atom. The van der Waals surface area contributed by atoms with Crippen molar-refractivity contribution in [3.05, 3.63) is 29.8 Å². The summed E-state index contributed by atoms with van der Waals surface area (Å²) in [6.45, 7) is 0. The van der Waals surface area contributed by atoms with Crippen LogP contribution in [0.25, 0.3) is 0 Å². The molecular formula is C8H7As. The van der Waals surface area contributed by atoms with Crippen molar-refractivity contribution in [3.8, 4) is 12.3 Å². The Morgan fingerprint density at radius 1 is 1.33 bits per heavy atom. The van der Waals surface area contributed by atoms with Gasteiger partial charge in [0.05, 0.1) is 0 Å². The first kappa shape index (κ1) is 6.46. The second-order valence-corrected chi connectivity index (χ2v) is 3.04. The normalized spacial score (nSPS) is 8.44. The minimum absolute atomic E-state index is 1.01. The molecule has 1 rings (SSSR count). The molecule has 0 nitrogen and oxygen atoms in total. The van der Waals surface area contributed by atoms with Crippen LogP contribution in [0.15, 0.2) is 24.3 Å². The molecule has 0 bridgehead atoms. The van der Waals surface area contributed by atoms with Gasteiger partial charge in [-0.2, -0.15) is 0 Å². The molecule has 0 aromatic heterocycles. The van der Waals surface area contributed by atoms with Crippen LogP contribution in [0.4, 0.5) is 0 Å². The average Bonchev–Trinajstić information content (AvgIpc) is 1.89. The van der Waals surface area contributed by atoms with Crippen molar-refractivity contribution in [2.75, 3.05) is 0 Å². The fourth-order valence-electron chi connectivity index (χ4n) is 0.628. The van der Waals surface area contributed by atoms with Gasteiger partial charge in [0.1, 0.15) is 0 Å². The first-order valence-corrected chi connectivity index (χ1v) is 3.87. The maximum atomic E-state index is 5.21. The van der Waals surface area contributed by atoms with Gasteiger partial charge >= 0.3 is 63.4 Å². The molecule has 1 heteroatoms. The number of terminal acetylenes is 1. The van der Waals surface area contributed by atoms with E-state index in [4.69, 9.17) is 6.42 Å². The molecule has 1 aromatic carbocycles. The Balaban J connectivity index is 3.20. The van der Waals surface area contributed by atoms with Crippen LogP contribution in [-0.4, -0.2) is 16.9 Å². The SMILES string of the molecule is C#Cc1ccccc1[AsH2]. The van der Waals surface area contributed by atoms with E-state index >= 15 is 0 Å². The van der Waals surface area contributed by atoms with Gasteiger partial charge in [-0.25, -0.2) is 0 Å². The summed E-state index contributed by atoms with van der Waals surface area (Å²) in [5.41, 5.74) is 1.01. The van der Waals surface area contributed by atoms with Gasteiger partial charge in [0.15, 0.2) is 0 Å². The van der Waals surface area contributed by atoms with E-state index in [9.17, 15) is 0 Å². The monoisotopic (exact) mass is 178 g/mol. The molecule has 0 radical (unpaired) electrons. The summed E-state index contributed by atoms with van der Waals surface area (Å²) >= 11 is 1.57. The van der Waals surface area contributed by atoms with E-state index in [1.807, 2.05) is 24.3 Å². The van der Waals surface area contributed by atoms with Crippen LogP contribution in [0.5, 0.6) is 0 Å². The fourth-order valence-corrected chi connectivity index (χ4v) is 1.24. The molecule has 0 saturated heterocycles. The first-order chi connectivity index (χ1) is 4.34. The Kier molecular flexibility index (Phi) is 1.98. The summed E-state index contributed by atoms with van der Waals surface area (Å²) in [7, 11) is 0. The average molecular weight is 178 g/mol.